The van der Waals surface area contributed by atoms with Crippen molar-refractivity contribution in [3.05, 3.63) is 57.9 Å². The molecule has 3 aromatic rings. The van der Waals surface area contributed by atoms with Gasteiger partial charge in [0.05, 0.1) is 10.2 Å². The number of rotatable bonds is 5. The highest BCUT2D eigenvalue weighted by Gasteiger charge is 2.31. The summed E-state index contributed by atoms with van der Waals surface area (Å²) in [6.45, 7) is 2.99. The molecule has 0 aliphatic carbocycles. The predicted molar refractivity (Wildman–Crippen MR) is 104 cm³/mol. The molecular weight excluding hydrogens is 459 g/mol. The molecule has 0 radical (unpaired) electrons. The van der Waals surface area contributed by atoms with Crippen molar-refractivity contribution < 1.29 is 41.4 Å². The number of fused-ring (bicyclic) bond motifs is 1. The van der Waals surface area contributed by atoms with Gasteiger partial charge in [-0.05, 0) is 43.2 Å². The third kappa shape index (κ3) is 4.96. The van der Waals surface area contributed by atoms with Crippen molar-refractivity contribution in [1.82, 2.24) is 4.57 Å². The Morgan fingerprint density at radius 1 is 1.16 bits per heavy atom. The number of nitrogens with zero attached hydrogens (tertiary/aromatic N) is 2. The van der Waals surface area contributed by atoms with Crippen LogP contribution in [0.2, 0.25) is 0 Å². The van der Waals surface area contributed by atoms with Gasteiger partial charge in [0, 0.05) is 11.6 Å². The molecule has 2 aromatic carbocycles. The van der Waals surface area contributed by atoms with Crippen molar-refractivity contribution in [1.29, 1.82) is 0 Å². The minimum atomic E-state index is -4.97. The predicted octanol–water partition coefficient (Wildman–Crippen LogP) is 4.96. The van der Waals surface area contributed by atoms with Gasteiger partial charge in [-0.3, -0.25) is 4.79 Å². The van der Waals surface area contributed by atoms with E-state index >= 15 is 0 Å². The van der Waals surface area contributed by atoms with Crippen LogP contribution in [0.5, 0.6) is 5.75 Å². The molecule has 32 heavy (non-hydrogen) atoms. The number of hydrogen-bond donors (Lipinski definition) is 1. The number of aryl methyl sites for hydroxylation is 1. The molecule has 1 heterocycles. The molecule has 3 rings (SSSR count). The molecule has 0 spiro atoms. The van der Waals surface area contributed by atoms with Gasteiger partial charge in [0.1, 0.15) is 11.8 Å². The van der Waals surface area contributed by atoms with E-state index in [2.05, 4.69) is 9.73 Å². The second kappa shape index (κ2) is 8.69. The van der Waals surface area contributed by atoms with E-state index in [1.54, 1.807) is 6.92 Å². The summed E-state index contributed by atoms with van der Waals surface area (Å²) in [4.78, 5) is 28.1. The molecule has 0 bridgehead atoms. The first-order valence-electron chi connectivity index (χ1n) is 9.09. The summed E-state index contributed by atoms with van der Waals surface area (Å²) in [5.41, 5.74) is 0.0599. The summed E-state index contributed by atoms with van der Waals surface area (Å²) in [6, 6.07) is 3.61. The van der Waals surface area contributed by atoms with Crippen LogP contribution in [-0.4, -0.2) is 27.9 Å². The molecule has 1 unspecified atom stereocenters. The average Bonchev–Trinajstić information content (AvgIpc) is 2.97. The van der Waals surface area contributed by atoms with Crippen LogP contribution in [-0.2, 0) is 4.79 Å². The number of aliphatic carboxylic acids is 1. The summed E-state index contributed by atoms with van der Waals surface area (Å²) in [6.07, 6.45) is -4.93. The fourth-order valence-corrected chi connectivity index (χ4v) is 4.17. The molecule has 1 atom stereocenters. The van der Waals surface area contributed by atoms with Gasteiger partial charge >= 0.3 is 12.3 Å². The first kappa shape index (κ1) is 23.4. The maximum atomic E-state index is 13.8. The second-order valence-electron chi connectivity index (χ2n) is 6.75. The fourth-order valence-electron chi connectivity index (χ4n) is 3.10. The number of aromatic nitrogens is 1. The van der Waals surface area contributed by atoms with Gasteiger partial charge in [-0.2, -0.15) is 4.99 Å². The Morgan fingerprint density at radius 2 is 1.81 bits per heavy atom. The minimum absolute atomic E-state index is 0.0139. The summed E-state index contributed by atoms with van der Waals surface area (Å²) >= 11 is 0.743. The third-order valence-corrected chi connectivity index (χ3v) is 5.40. The molecule has 170 valence electrons. The first-order valence-corrected chi connectivity index (χ1v) is 9.90. The zero-order valence-electron chi connectivity index (χ0n) is 16.5. The van der Waals surface area contributed by atoms with E-state index in [1.165, 1.54) is 13.0 Å². The molecule has 0 aliphatic heterocycles. The lowest BCUT2D eigenvalue weighted by Crippen LogP contribution is -2.27. The van der Waals surface area contributed by atoms with Gasteiger partial charge in [-0.15, -0.1) is 13.2 Å². The smallest absolute Gasteiger partial charge is 0.480 e. The molecular formula is C20H15F5N2O4S. The fraction of sp³-hybridized carbons (Fsp3) is 0.250. The summed E-state index contributed by atoms with van der Waals surface area (Å²) < 4.78 is 70.2. The number of hydrogen-bond acceptors (Lipinski definition) is 4. The second-order valence-corrected chi connectivity index (χ2v) is 7.76. The van der Waals surface area contributed by atoms with E-state index in [-0.39, 0.29) is 32.6 Å². The van der Waals surface area contributed by atoms with Gasteiger partial charge in [-0.25, -0.2) is 13.6 Å². The largest absolute Gasteiger partial charge is 0.573 e. The first-order chi connectivity index (χ1) is 14.9. The third-order valence-electron chi connectivity index (χ3n) is 4.38. The molecule has 6 nitrogen and oxygen atoms in total. The summed E-state index contributed by atoms with van der Waals surface area (Å²) in [5.74, 6) is -5.28. The SMILES string of the molecule is CCC(C(=O)O)n1/c(=N/C(=O)c2cc(C)cc(OC(F)(F)F)c2)sc2cc(F)c(F)cc21. The number of ether oxygens (including phenoxy) is 1. The standard InChI is InChI=1S/C20H15F5N2O4S/c1-3-14(18(29)30)27-15-7-12(21)13(22)8-16(15)32-19(27)26-17(28)10-4-9(2)5-11(6-10)31-20(23,24)25/h4-8,14H,3H2,1-2H3,(H,29,30)/b26-19-. The van der Waals surface area contributed by atoms with E-state index in [1.807, 2.05) is 0 Å². The number of alkyl halides is 3. The van der Waals surface area contributed by atoms with Crippen LogP contribution in [0.25, 0.3) is 10.2 Å². The van der Waals surface area contributed by atoms with Crippen LogP contribution in [0.4, 0.5) is 22.0 Å². The van der Waals surface area contributed by atoms with Crippen LogP contribution in [0, 0.1) is 18.6 Å². The van der Waals surface area contributed by atoms with E-state index in [0.717, 1.165) is 40.2 Å². The highest BCUT2D eigenvalue weighted by atomic mass is 32.1. The maximum absolute atomic E-state index is 13.8. The van der Waals surface area contributed by atoms with Gasteiger partial charge in [0.25, 0.3) is 5.91 Å². The molecule has 0 saturated heterocycles. The van der Waals surface area contributed by atoms with Gasteiger partial charge in [-0.1, -0.05) is 18.3 Å². The number of carbonyl (C=O) groups excluding carboxylic acids is 1. The van der Waals surface area contributed by atoms with Crippen LogP contribution < -0.4 is 9.54 Å². The Bertz CT molecular complexity index is 1280. The van der Waals surface area contributed by atoms with Gasteiger partial charge in [0.2, 0.25) is 0 Å². The highest BCUT2D eigenvalue weighted by Crippen LogP contribution is 2.27. The monoisotopic (exact) mass is 474 g/mol. The molecule has 1 amide bonds. The number of carboxylic acid groups (broad SMARTS) is 1. The molecule has 12 heteroatoms. The van der Waals surface area contributed by atoms with Crippen molar-refractivity contribution >= 4 is 33.4 Å². The number of amides is 1. The van der Waals surface area contributed by atoms with Gasteiger partial charge in [0.15, 0.2) is 16.4 Å². The molecule has 0 fully saturated rings. The normalized spacial score (nSPS) is 13.4. The van der Waals surface area contributed by atoms with Crippen LogP contribution in [0.15, 0.2) is 35.3 Å². The lowest BCUT2D eigenvalue weighted by molar-refractivity contribution is -0.274. The lowest BCUT2D eigenvalue weighted by atomic mass is 10.1. The number of benzene rings is 2. The maximum Gasteiger partial charge on any atom is 0.573 e. The molecule has 1 aromatic heterocycles. The van der Waals surface area contributed by atoms with Crippen molar-refractivity contribution in [2.75, 3.05) is 0 Å². The van der Waals surface area contributed by atoms with E-state index in [9.17, 15) is 36.6 Å². The molecule has 0 saturated carbocycles. The molecule has 0 aliphatic rings. The number of thiazole rings is 1. The Morgan fingerprint density at radius 3 is 2.41 bits per heavy atom. The Labute approximate surface area is 181 Å². The van der Waals surface area contributed by atoms with Crippen molar-refractivity contribution in [3.63, 3.8) is 0 Å². The zero-order chi connectivity index (χ0) is 23.8. The van der Waals surface area contributed by atoms with Crippen LogP contribution >= 0.6 is 11.3 Å². The van der Waals surface area contributed by atoms with Crippen molar-refractivity contribution in [3.8, 4) is 5.75 Å². The van der Waals surface area contributed by atoms with Crippen LogP contribution in [0.3, 0.4) is 0 Å². The Hall–Kier alpha value is -3.28. The number of carboxylic acids is 1. The quantitative estimate of drug-likeness (QED) is 0.530. The summed E-state index contributed by atoms with van der Waals surface area (Å²) in [7, 11) is 0. The van der Waals surface area contributed by atoms with Gasteiger partial charge < -0.3 is 14.4 Å². The zero-order valence-corrected chi connectivity index (χ0v) is 17.4. The van der Waals surface area contributed by atoms with E-state index in [0.29, 0.717) is 0 Å². The minimum Gasteiger partial charge on any atom is -0.480 e. The van der Waals surface area contributed by atoms with E-state index < -0.39 is 41.7 Å². The van der Waals surface area contributed by atoms with Crippen LogP contribution in [0.1, 0.15) is 35.3 Å². The number of halogens is 5. The Balaban J connectivity index is 2.20. The van der Waals surface area contributed by atoms with Crippen molar-refractivity contribution in [2.45, 2.75) is 32.7 Å². The van der Waals surface area contributed by atoms with E-state index in [4.69, 9.17) is 0 Å². The lowest BCUT2D eigenvalue weighted by Gasteiger charge is -2.13. The van der Waals surface area contributed by atoms with Crippen molar-refractivity contribution in [2.24, 2.45) is 4.99 Å². The Kier molecular flexibility index (Phi) is 6.35. The topological polar surface area (TPSA) is 80.9 Å². The summed E-state index contributed by atoms with van der Waals surface area (Å²) in [5, 5.41) is 9.55. The molecule has 1 N–H and O–H groups in total. The average molecular weight is 474 g/mol. The number of carbonyl (C=O) groups is 2. The highest BCUT2D eigenvalue weighted by molar-refractivity contribution is 7.16.